The van der Waals surface area contributed by atoms with Crippen molar-refractivity contribution in [1.82, 2.24) is 15.0 Å². The Morgan fingerprint density at radius 3 is 2.36 bits per heavy atom. The molecule has 0 aromatic carbocycles. The Morgan fingerprint density at radius 1 is 1.21 bits per heavy atom. The summed E-state index contributed by atoms with van der Waals surface area (Å²) in [5.41, 5.74) is 5.46. The largest absolute Gasteiger partial charge is 0.368 e. The van der Waals surface area contributed by atoms with E-state index in [9.17, 15) is 0 Å². The molecule has 1 heterocycles. The number of rotatable bonds is 2. The van der Waals surface area contributed by atoms with E-state index in [1.54, 1.807) is 0 Å². The van der Waals surface area contributed by atoms with E-state index in [0.717, 1.165) is 0 Å². The summed E-state index contributed by atoms with van der Waals surface area (Å²) < 4.78 is 0. The molecule has 0 unspecified atom stereocenters. The summed E-state index contributed by atoms with van der Waals surface area (Å²) in [5, 5.41) is 3.77. The Bertz CT molecular complexity index is 320. The Kier molecular flexibility index (Phi) is 3.15. The van der Waals surface area contributed by atoms with Crippen molar-refractivity contribution < 1.29 is 0 Å². The van der Waals surface area contributed by atoms with Crippen molar-refractivity contribution in [2.24, 2.45) is 0 Å². The summed E-state index contributed by atoms with van der Waals surface area (Å²) in [6.45, 7) is 6.10. The molecule has 0 fully saturated rings. The molecule has 14 heavy (non-hydrogen) atoms. The highest BCUT2D eigenvalue weighted by atomic mass is 32.2. The van der Waals surface area contributed by atoms with Gasteiger partial charge in [-0.25, -0.2) is 0 Å². The quantitative estimate of drug-likeness (QED) is 0.723. The van der Waals surface area contributed by atoms with Crippen LogP contribution in [0.5, 0.6) is 0 Å². The number of anilines is 2. The molecule has 0 spiro atoms. The van der Waals surface area contributed by atoms with Gasteiger partial charge in [-0.3, -0.25) is 0 Å². The highest BCUT2D eigenvalue weighted by molar-refractivity contribution is 7.98. The lowest BCUT2D eigenvalue weighted by Crippen LogP contribution is -2.27. The number of nitrogens with one attached hydrogen (secondary N) is 1. The van der Waals surface area contributed by atoms with Gasteiger partial charge in [0.05, 0.1) is 0 Å². The SMILES string of the molecule is CSc1nc(N)nc(NC(C)(C)C)n1. The highest BCUT2D eigenvalue weighted by Gasteiger charge is 2.12. The van der Waals surface area contributed by atoms with Crippen LogP contribution in [0.2, 0.25) is 0 Å². The van der Waals surface area contributed by atoms with Crippen molar-refractivity contribution in [2.75, 3.05) is 17.3 Å². The molecule has 0 atom stereocenters. The first-order chi connectivity index (χ1) is 6.40. The van der Waals surface area contributed by atoms with Gasteiger partial charge in [-0.15, -0.1) is 0 Å². The zero-order valence-corrected chi connectivity index (χ0v) is 9.64. The van der Waals surface area contributed by atoms with Gasteiger partial charge in [0.2, 0.25) is 11.9 Å². The van der Waals surface area contributed by atoms with E-state index in [1.807, 2.05) is 27.0 Å². The maximum absolute atomic E-state index is 5.54. The second-order valence-electron chi connectivity index (χ2n) is 3.88. The minimum Gasteiger partial charge on any atom is -0.368 e. The van der Waals surface area contributed by atoms with E-state index < -0.39 is 0 Å². The van der Waals surface area contributed by atoms with Crippen molar-refractivity contribution in [2.45, 2.75) is 31.5 Å². The molecule has 3 N–H and O–H groups in total. The van der Waals surface area contributed by atoms with Crippen molar-refractivity contribution in [3.63, 3.8) is 0 Å². The molecular formula is C8H15N5S. The van der Waals surface area contributed by atoms with Crippen molar-refractivity contribution in [1.29, 1.82) is 0 Å². The number of hydrogen-bond donors (Lipinski definition) is 2. The van der Waals surface area contributed by atoms with Crippen LogP contribution in [-0.2, 0) is 0 Å². The van der Waals surface area contributed by atoms with Crippen LogP contribution in [-0.4, -0.2) is 26.7 Å². The van der Waals surface area contributed by atoms with Gasteiger partial charge in [0.1, 0.15) is 0 Å². The van der Waals surface area contributed by atoms with E-state index in [2.05, 4.69) is 20.3 Å². The minimum absolute atomic E-state index is 0.0799. The first-order valence-corrected chi connectivity index (χ1v) is 5.47. The van der Waals surface area contributed by atoms with E-state index >= 15 is 0 Å². The molecule has 1 aromatic heterocycles. The molecule has 0 aliphatic carbocycles. The molecule has 1 aromatic rings. The maximum Gasteiger partial charge on any atom is 0.228 e. The van der Waals surface area contributed by atoms with Gasteiger partial charge in [0.25, 0.3) is 0 Å². The van der Waals surface area contributed by atoms with Crippen LogP contribution in [0, 0.1) is 0 Å². The van der Waals surface area contributed by atoms with Crippen LogP contribution in [0.25, 0.3) is 0 Å². The Morgan fingerprint density at radius 2 is 1.86 bits per heavy atom. The summed E-state index contributed by atoms with van der Waals surface area (Å²) in [5.74, 6) is 0.769. The first-order valence-electron chi connectivity index (χ1n) is 4.24. The molecule has 78 valence electrons. The fourth-order valence-corrected chi connectivity index (χ4v) is 1.22. The molecule has 0 aliphatic rings. The number of aromatic nitrogens is 3. The van der Waals surface area contributed by atoms with Crippen molar-refractivity contribution in [3.8, 4) is 0 Å². The van der Waals surface area contributed by atoms with Gasteiger partial charge in [-0.2, -0.15) is 15.0 Å². The molecule has 0 radical (unpaired) electrons. The van der Waals surface area contributed by atoms with E-state index in [-0.39, 0.29) is 11.5 Å². The fraction of sp³-hybridized carbons (Fsp3) is 0.625. The Labute approximate surface area is 87.9 Å². The number of nitrogens with two attached hydrogens (primary N) is 1. The summed E-state index contributed by atoms with van der Waals surface area (Å²) in [4.78, 5) is 12.1. The van der Waals surface area contributed by atoms with Crippen LogP contribution < -0.4 is 11.1 Å². The second-order valence-corrected chi connectivity index (χ2v) is 4.65. The minimum atomic E-state index is -0.0799. The summed E-state index contributed by atoms with van der Waals surface area (Å²) >= 11 is 1.44. The zero-order valence-electron chi connectivity index (χ0n) is 8.83. The average Bonchev–Trinajstić information content (AvgIpc) is 1.99. The van der Waals surface area contributed by atoms with Crippen LogP contribution in [0.1, 0.15) is 20.8 Å². The lowest BCUT2D eigenvalue weighted by molar-refractivity contribution is 0.622. The normalized spacial score (nSPS) is 11.4. The van der Waals surface area contributed by atoms with Crippen LogP contribution in [0.4, 0.5) is 11.9 Å². The van der Waals surface area contributed by atoms with E-state index in [4.69, 9.17) is 5.73 Å². The monoisotopic (exact) mass is 213 g/mol. The van der Waals surface area contributed by atoms with Crippen LogP contribution >= 0.6 is 11.8 Å². The molecule has 1 rings (SSSR count). The van der Waals surface area contributed by atoms with Crippen LogP contribution in [0.3, 0.4) is 0 Å². The third-order valence-electron chi connectivity index (χ3n) is 1.30. The van der Waals surface area contributed by atoms with Gasteiger partial charge in [0.15, 0.2) is 5.16 Å². The maximum atomic E-state index is 5.54. The summed E-state index contributed by atoms with van der Waals surface area (Å²) in [6.07, 6.45) is 1.90. The molecule has 0 aliphatic heterocycles. The molecule has 0 bridgehead atoms. The molecule has 0 saturated heterocycles. The standard InChI is InChI=1S/C8H15N5S/c1-8(2,3)13-6-10-5(9)11-7(12-6)14-4/h1-4H3,(H3,9,10,11,12,13). The Hall–Kier alpha value is -1.04. The fourth-order valence-electron chi connectivity index (χ4n) is 0.855. The lowest BCUT2D eigenvalue weighted by atomic mass is 10.1. The van der Waals surface area contributed by atoms with Gasteiger partial charge in [0, 0.05) is 5.54 Å². The van der Waals surface area contributed by atoms with Crippen molar-refractivity contribution in [3.05, 3.63) is 0 Å². The smallest absolute Gasteiger partial charge is 0.228 e. The molecule has 5 nitrogen and oxygen atoms in total. The van der Waals surface area contributed by atoms with Gasteiger partial charge in [-0.1, -0.05) is 11.8 Å². The predicted molar refractivity (Wildman–Crippen MR) is 59.4 cm³/mol. The topological polar surface area (TPSA) is 76.7 Å². The number of thioether (sulfide) groups is 1. The highest BCUT2D eigenvalue weighted by Crippen LogP contribution is 2.14. The molecule has 0 saturated carbocycles. The third-order valence-corrected chi connectivity index (χ3v) is 1.85. The summed E-state index contributed by atoms with van der Waals surface area (Å²) in [7, 11) is 0. The van der Waals surface area contributed by atoms with Gasteiger partial charge in [-0.05, 0) is 27.0 Å². The van der Waals surface area contributed by atoms with Gasteiger partial charge >= 0.3 is 0 Å². The first kappa shape index (κ1) is 11.0. The second kappa shape index (κ2) is 4.00. The summed E-state index contributed by atoms with van der Waals surface area (Å²) in [6, 6.07) is 0. The van der Waals surface area contributed by atoms with E-state index in [1.165, 1.54) is 11.8 Å². The van der Waals surface area contributed by atoms with Crippen molar-refractivity contribution >= 4 is 23.7 Å². The molecule has 0 amide bonds. The molecule has 6 heteroatoms. The van der Waals surface area contributed by atoms with E-state index in [0.29, 0.717) is 11.1 Å². The lowest BCUT2D eigenvalue weighted by Gasteiger charge is -2.20. The number of nitrogen functional groups attached to an aromatic ring is 1. The average molecular weight is 213 g/mol. The van der Waals surface area contributed by atoms with Crippen LogP contribution in [0.15, 0.2) is 5.16 Å². The number of nitrogens with zero attached hydrogens (tertiary/aromatic N) is 3. The molecular weight excluding hydrogens is 198 g/mol. The Balaban J connectivity index is 2.92. The number of hydrogen-bond acceptors (Lipinski definition) is 6. The zero-order chi connectivity index (χ0) is 10.8. The van der Waals surface area contributed by atoms with Gasteiger partial charge < -0.3 is 11.1 Å². The third kappa shape index (κ3) is 3.37. The predicted octanol–water partition coefficient (Wildman–Crippen LogP) is 1.39.